The molecule has 1 aromatic carbocycles. The summed E-state index contributed by atoms with van der Waals surface area (Å²) in [6.45, 7) is 8.86. The molecular formula is C22H34N2O3. The van der Waals surface area contributed by atoms with Crippen LogP contribution in [0.4, 0.5) is 0 Å². The van der Waals surface area contributed by atoms with E-state index in [0.29, 0.717) is 13.2 Å². The summed E-state index contributed by atoms with van der Waals surface area (Å²) in [5, 5.41) is 0. The number of nitrogens with zero attached hydrogens (tertiary/aromatic N) is 2. The minimum Gasteiger partial charge on any atom is -0.491 e. The molecule has 0 aromatic heterocycles. The van der Waals surface area contributed by atoms with E-state index in [1.807, 2.05) is 0 Å². The number of fused-ring (bicyclic) bond motifs is 2. The van der Waals surface area contributed by atoms with Crippen molar-refractivity contribution in [1.82, 2.24) is 9.80 Å². The Hall–Kier alpha value is -1.14. The number of rotatable bonds is 7. The van der Waals surface area contributed by atoms with Crippen LogP contribution in [0.5, 0.6) is 5.75 Å². The lowest BCUT2D eigenvalue weighted by molar-refractivity contribution is -0.0623. The molecule has 1 saturated carbocycles. The highest BCUT2D eigenvalue weighted by Gasteiger charge is 2.42. The van der Waals surface area contributed by atoms with E-state index in [9.17, 15) is 0 Å². The molecule has 1 unspecified atom stereocenters. The summed E-state index contributed by atoms with van der Waals surface area (Å²) in [4.78, 5) is 5.42. The van der Waals surface area contributed by atoms with Crippen molar-refractivity contribution < 1.29 is 14.2 Å². The predicted octanol–water partition coefficient (Wildman–Crippen LogP) is 2.64. The van der Waals surface area contributed by atoms with Crippen molar-refractivity contribution in [2.24, 2.45) is 11.8 Å². The summed E-state index contributed by atoms with van der Waals surface area (Å²) in [6.07, 6.45) is 4.19. The van der Waals surface area contributed by atoms with Gasteiger partial charge in [-0.15, -0.1) is 0 Å². The molecule has 150 valence electrons. The van der Waals surface area contributed by atoms with Crippen molar-refractivity contribution in [2.75, 3.05) is 59.7 Å². The molecule has 3 fully saturated rings. The highest BCUT2D eigenvalue weighted by atomic mass is 16.5. The molecule has 5 nitrogen and oxygen atoms in total. The normalized spacial score (nSPS) is 29.6. The van der Waals surface area contributed by atoms with Gasteiger partial charge in [-0.2, -0.15) is 0 Å². The molecule has 3 aliphatic rings. The largest absolute Gasteiger partial charge is 0.491 e. The maximum absolute atomic E-state index is 5.68. The lowest BCUT2D eigenvalue weighted by Crippen LogP contribution is -2.59. The third kappa shape index (κ3) is 4.83. The van der Waals surface area contributed by atoms with Crippen molar-refractivity contribution in [2.45, 2.75) is 31.8 Å². The molecule has 0 radical (unpaired) electrons. The Morgan fingerprint density at radius 2 is 1.70 bits per heavy atom. The molecule has 3 atom stereocenters. The summed E-state index contributed by atoms with van der Waals surface area (Å²) in [7, 11) is 1.70. The molecule has 2 saturated heterocycles. The minimum absolute atomic E-state index is 0.605. The maximum Gasteiger partial charge on any atom is 0.119 e. The molecule has 1 aliphatic carbocycles. The van der Waals surface area contributed by atoms with E-state index in [1.165, 1.54) is 37.9 Å². The lowest BCUT2D eigenvalue weighted by atomic mass is 9.72. The molecule has 0 spiro atoms. The van der Waals surface area contributed by atoms with Crippen LogP contribution < -0.4 is 4.74 Å². The number of morpholine rings is 1. The first kappa shape index (κ1) is 19.2. The summed E-state index contributed by atoms with van der Waals surface area (Å²) in [5.74, 6) is 2.58. The van der Waals surface area contributed by atoms with Crippen molar-refractivity contribution in [1.29, 1.82) is 0 Å². The van der Waals surface area contributed by atoms with Crippen LogP contribution >= 0.6 is 0 Å². The molecular weight excluding hydrogens is 340 g/mol. The van der Waals surface area contributed by atoms with Crippen LogP contribution in [0.15, 0.2) is 24.3 Å². The monoisotopic (exact) mass is 374 g/mol. The molecule has 2 bridgehead atoms. The summed E-state index contributed by atoms with van der Waals surface area (Å²) in [5.41, 5.74) is 1.39. The van der Waals surface area contributed by atoms with Crippen LogP contribution in [0.1, 0.15) is 24.8 Å². The van der Waals surface area contributed by atoms with Gasteiger partial charge in [0.05, 0.1) is 19.8 Å². The van der Waals surface area contributed by atoms with Gasteiger partial charge in [-0.25, -0.2) is 0 Å². The maximum atomic E-state index is 5.68. The zero-order valence-electron chi connectivity index (χ0n) is 16.6. The van der Waals surface area contributed by atoms with Gasteiger partial charge in [0.2, 0.25) is 0 Å². The highest BCUT2D eigenvalue weighted by molar-refractivity contribution is 5.27. The van der Waals surface area contributed by atoms with Gasteiger partial charge in [0.1, 0.15) is 12.4 Å². The first-order chi connectivity index (χ1) is 13.3. The standard InChI is InChI=1S/C22H34N2O3/c1-25-13-14-27-21-7-5-18(6-8-21)15-23-16-19-3-2-4-20(17-23)22(19)24-9-11-26-12-10-24/h5-8,19-20,22H,2-4,9-17H2,1H3/t19-,20+,22?. The van der Waals surface area contributed by atoms with Crippen molar-refractivity contribution in [3.63, 3.8) is 0 Å². The SMILES string of the molecule is COCCOc1ccc(CN2C[C@H]3CCC[C@@H](C2)C3N2CCOCC2)cc1. The van der Waals surface area contributed by atoms with Crippen LogP contribution in [-0.4, -0.2) is 75.6 Å². The van der Waals surface area contributed by atoms with Gasteiger partial charge in [0.25, 0.3) is 0 Å². The van der Waals surface area contributed by atoms with E-state index in [0.717, 1.165) is 56.5 Å². The number of benzene rings is 1. The van der Waals surface area contributed by atoms with Crippen LogP contribution in [0.3, 0.4) is 0 Å². The van der Waals surface area contributed by atoms with Crippen LogP contribution in [0.2, 0.25) is 0 Å². The Bertz CT molecular complexity index is 559. The first-order valence-corrected chi connectivity index (χ1v) is 10.6. The molecule has 5 heteroatoms. The van der Waals surface area contributed by atoms with Crippen LogP contribution in [0, 0.1) is 11.8 Å². The summed E-state index contributed by atoms with van der Waals surface area (Å²) >= 11 is 0. The second-order valence-electron chi connectivity index (χ2n) is 8.27. The van der Waals surface area contributed by atoms with E-state index >= 15 is 0 Å². The van der Waals surface area contributed by atoms with Gasteiger partial charge in [0, 0.05) is 45.9 Å². The lowest BCUT2D eigenvalue weighted by Gasteiger charge is -2.52. The summed E-state index contributed by atoms with van der Waals surface area (Å²) in [6, 6.07) is 9.40. The fourth-order valence-corrected chi connectivity index (χ4v) is 5.30. The fraction of sp³-hybridized carbons (Fsp3) is 0.727. The molecule has 27 heavy (non-hydrogen) atoms. The second kappa shape index (κ2) is 9.37. The number of hydrogen-bond donors (Lipinski definition) is 0. The Labute approximate surface area is 163 Å². The average molecular weight is 375 g/mol. The predicted molar refractivity (Wildman–Crippen MR) is 106 cm³/mol. The second-order valence-corrected chi connectivity index (χ2v) is 8.27. The molecule has 0 amide bonds. The van der Waals surface area contributed by atoms with E-state index in [1.54, 1.807) is 7.11 Å². The zero-order valence-corrected chi connectivity index (χ0v) is 16.6. The smallest absolute Gasteiger partial charge is 0.119 e. The number of piperidine rings is 1. The fourth-order valence-electron chi connectivity index (χ4n) is 5.30. The number of likely N-dealkylation sites (tertiary alicyclic amines) is 1. The van der Waals surface area contributed by atoms with E-state index < -0.39 is 0 Å². The van der Waals surface area contributed by atoms with Crippen molar-refractivity contribution >= 4 is 0 Å². The van der Waals surface area contributed by atoms with Crippen molar-refractivity contribution in [3.8, 4) is 5.75 Å². The molecule has 2 aliphatic heterocycles. The van der Waals surface area contributed by atoms with Gasteiger partial charge in [-0.3, -0.25) is 9.80 Å². The van der Waals surface area contributed by atoms with E-state index in [2.05, 4.69) is 34.1 Å². The van der Waals surface area contributed by atoms with Crippen molar-refractivity contribution in [3.05, 3.63) is 29.8 Å². The van der Waals surface area contributed by atoms with Gasteiger partial charge in [0.15, 0.2) is 0 Å². The van der Waals surface area contributed by atoms with Crippen LogP contribution in [-0.2, 0) is 16.0 Å². The van der Waals surface area contributed by atoms with Gasteiger partial charge < -0.3 is 14.2 Å². The molecule has 2 heterocycles. The van der Waals surface area contributed by atoms with Crippen LogP contribution in [0.25, 0.3) is 0 Å². The van der Waals surface area contributed by atoms with Gasteiger partial charge >= 0.3 is 0 Å². The quantitative estimate of drug-likeness (QED) is 0.686. The third-order valence-corrected chi connectivity index (χ3v) is 6.45. The molecule has 4 rings (SSSR count). The average Bonchev–Trinajstić information content (AvgIpc) is 2.69. The van der Waals surface area contributed by atoms with E-state index in [4.69, 9.17) is 14.2 Å². The summed E-state index contributed by atoms with van der Waals surface area (Å²) < 4.78 is 16.3. The minimum atomic E-state index is 0.605. The molecule has 1 aromatic rings. The highest BCUT2D eigenvalue weighted by Crippen LogP contribution is 2.38. The number of methoxy groups -OCH3 is 1. The first-order valence-electron chi connectivity index (χ1n) is 10.6. The third-order valence-electron chi connectivity index (χ3n) is 6.45. The van der Waals surface area contributed by atoms with Gasteiger partial charge in [-0.1, -0.05) is 18.6 Å². The number of ether oxygens (including phenoxy) is 3. The topological polar surface area (TPSA) is 34.2 Å². The van der Waals surface area contributed by atoms with Gasteiger partial charge in [-0.05, 0) is 42.4 Å². The Morgan fingerprint density at radius 3 is 2.37 bits per heavy atom. The Kier molecular flexibility index (Phi) is 6.66. The Morgan fingerprint density at radius 1 is 1.00 bits per heavy atom. The van der Waals surface area contributed by atoms with E-state index in [-0.39, 0.29) is 0 Å². The number of hydrogen-bond acceptors (Lipinski definition) is 5. The molecule has 0 N–H and O–H groups in total. The zero-order chi connectivity index (χ0) is 18.5. The Balaban J connectivity index is 1.33.